The predicted octanol–water partition coefficient (Wildman–Crippen LogP) is 1.30. The van der Waals surface area contributed by atoms with Gasteiger partial charge in [-0.25, -0.2) is 0 Å². The van der Waals surface area contributed by atoms with E-state index in [4.69, 9.17) is 6.42 Å². The summed E-state index contributed by atoms with van der Waals surface area (Å²) in [6.07, 6.45) is 10.8. The maximum Gasteiger partial charge on any atom is 0.101 e. The van der Waals surface area contributed by atoms with E-state index in [1.807, 2.05) is 31.6 Å². The summed E-state index contributed by atoms with van der Waals surface area (Å²) in [5, 5.41) is 7.61. The Hall–Kier alpha value is -2.12. The summed E-state index contributed by atoms with van der Waals surface area (Å²) in [4.78, 5) is 4.11. The average molecular weight is 226 g/mol. The SMILES string of the molecule is C#CCn1cc(CNC)c(-c2cccnc2)n1. The van der Waals surface area contributed by atoms with Gasteiger partial charge >= 0.3 is 0 Å². The first kappa shape index (κ1) is 11.4. The lowest BCUT2D eigenvalue weighted by molar-refractivity contribution is 0.715. The molecular formula is C13H14N4. The summed E-state index contributed by atoms with van der Waals surface area (Å²) < 4.78 is 1.77. The Morgan fingerprint density at radius 1 is 1.53 bits per heavy atom. The van der Waals surface area contributed by atoms with Gasteiger partial charge in [0.15, 0.2) is 0 Å². The van der Waals surface area contributed by atoms with Crippen molar-refractivity contribution in [2.75, 3.05) is 7.05 Å². The molecule has 0 aliphatic carbocycles. The van der Waals surface area contributed by atoms with Crippen LogP contribution in [0.25, 0.3) is 11.3 Å². The highest BCUT2D eigenvalue weighted by Crippen LogP contribution is 2.20. The van der Waals surface area contributed by atoms with Crippen molar-refractivity contribution >= 4 is 0 Å². The summed E-state index contributed by atoms with van der Waals surface area (Å²) in [6, 6.07) is 3.90. The molecule has 86 valence electrons. The zero-order valence-electron chi connectivity index (χ0n) is 9.72. The van der Waals surface area contributed by atoms with E-state index in [1.165, 1.54) is 0 Å². The topological polar surface area (TPSA) is 42.7 Å². The Kier molecular flexibility index (Phi) is 3.53. The quantitative estimate of drug-likeness (QED) is 0.799. The normalized spacial score (nSPS) is 10.1. The number of nitrogens with zero attached hydrogens (tertiary/aromatic N) is 3. The molecule has 0 spiro atoms. The fourth-order valence-corrected chi connectivity index (χ4v) is 1.70. The number of aromatic nitrogens is 3. The van der Waals surface area contributed by atoms with Gasteiger partial charge in [-0.05, 0) is 19.2 Å². The summed E-state index contributed by atoms with van der Waals surface area (Å²) in [5.41, 5.74) is 3.06. The molecule has 0 fully saturated rings. The fraction of sp³-hybridized carbons (Fsp3) is 0.231. The lowest BCUT2D eigenvalue weighted by Gasteiger charge is -2.00. The fourth-order valence-electron chi connectivity index (χ4n) is 1.70. The van der Waals surface area contributed by atoms with Crippen molar-refractivity contribution in [3.05, 3.63) is 36.3 Å². The van der Waals surface area contributed by atoms with Crippen LogP contribution >= 0.6 is 0 Å². The van der Waals surface area contributed by atoms with E-state index in [2.05, 4.69) is 21.3 Å². The second-order valence-electron chi connectivity index (χ2n) is 3.68. The number of pyridine rings is 1. The van der Waals surface area contributed by atoms with E-state index in [1.54, 1.807) is 10.9 Å². The zero-order chi connectivity index (χ0) is 12.1. The summed E-state index contributed by atoms with van der Waals surface area (Å²) in [5.74, 6) is 2.58. The summed E-state index contributed by atoms with van der Waals surface area (Å²) in [6.45, 7) is 1.24. The first-order chi connectivity index (χ1) is 8.35. The molecule has 0 bridgehead atoms. The highest BCUT2D eigenvalue weighted by atomic mass is 15.3. The molecule has 0 aromatic carbocycles. The van der Waals surface area contributed by atoms with Crippen LogP contribution in [0.4, 0.5) is 0 Å². The number of terminal acetylenes is 1. The smallest absolute Gasteiger partial charge is 0.101 e. The maximum absolute atomic E-state index is 5.29. The minimum absolute atomic E-state index is 0.483. The molecule has 0 aliphatic heterocycles. The van der Waals surface area contributed by atoms with Gasteiger partial charge in [0.05, 0.1) is 5.69 Å². The lowest BCUT2D eigenvalue weighted by Crippen LogP contribution is -2.05. The van der Waals surface area contributed by atoms with Gasteiger partial charge in [0.2, 0.25) is 0 Å². The maximum atomic E-state index is 5.29. The second-order valence-corrected chi connectivity index (χ2v) is 3.68. The van der Waals surface area contributed by atoms with Crippen LogP contribution in [0.15, 0.2) is 30.7 Å². The van der Waals surface area contributed by atoms with Gasteiger partial charge in [-0.3, -0.25) is 9.67 Å². The van der Waals surface area contributed by atoms with Crippen LogP contribution in [0.2, 0.25) is 0 Å². The van der Waals surface area contributed by atoms with Crippen LogP contribution in [0, 0.1) is 12.3 Å². The highest BCUT2D eigenvalue weighted by molar-refractivity contribution is 5.61. The summed E-state index contributed by atoms with van der Waals surface area (Å²) in [7, 11) is 1.91. The molecule has 0 amide bonds. The Morgan fingerprint density at radius 2 is 2.41 bits per heavy atom. The van der Waals surface area contributed by atoms with E-state index >= 15 is 0 Å². The molecule has 0 saturated carbocycles. The molecule has 2 heterocycles. The first-order valence-corrected chi connectivity index (χ1v) is 5.40. The van der Waals surface area contributed by atoms with Gasteiger partial charge in [0.25, 0.3) is 0 Å². The van der Waals surface area contributed by atoms with Crippen molar-refractivity contribution in [1.29, 1.82) is 0 Å². The monoisotopic (exact) mass is 226 g/mol. The molecular weight excluding hydrogens is 212 g/mol. The van der Waals surface area contributed by atoms with Gasteiger partial charge in [-0.2, -0.15) is 5.10 Å². The Labute approximate surface area is 101 Å². The molecule has 4 heteroatoms. The van der Waals surface area contributed by atoms with Gasteiger partial charge in [-0.15, -0.1) is 6.42 Å². The van der Waals surface area contributed by atoms with Crippen molar-refractivity contribution in [1.82, 2.24) is 20.1 Å². The third kappa shape index (κ3) is 2.52. The molecule has 0 saturated heterocycles. The van der Waals surface area contributed by atoms with Crippen molar-refractivity contribution < 1.29 is 0 Å². The van der Waals surface area contributed by atoms with E-state index in [-0.39, 0.29) is 0 Å². The van der Waals surface area contributed by atoms with Gasteiger partial charge in [0, 0.05) is 36.3 Å². The van der Waals surface area contributed by atoms with Crippen LogP contribution in [-0.2, 0) is 13.1 Å². The number of hydrogen-bond acceptors (Lipinski definition) is 3. The standard InChI is InChI=1S/C13H14N4/c1-3-7-17-10-12(8-14-2)13(16-17)11-5-4-6-15-9-11/h1,4-6,9-10,14H,7-8H2,2H3. The molecule has 4 nitrogen and oxygen atoms in total. The number of hydrogen-bond donors (Lipinski definition) is 1. The lowest BCUT2D eigenvalue weighted by atomic mass is 10.1. The van der Waals surface area contributed by atoms with Crippen LogP contribution < -0.4 is 5.32 Å². The average Bonchev–Trinajstić information content (AvgIpc) is 2.74. The summed E-state index contributed by atoms with van der Waals surface area (Å²) >= 11 is 0. The third-order valence-electron chi connectivity index (χ3n) is 2.39. The van der Waals surface area contributed by atoms with E-state index < -0.39 is 0 Å². The number of nitrogens with one attached hydrogen (secondary N) is 1. The van der Waals surface area contributed by atoms with Crippen molar-refractivity contribution in [3.8, 4) is 23.6 Å². The van der Waals surface area contributed by atoms with Gasteiger partial charge < -0.3 is 5.32 Å². The minimum atomic E-state index is 0.483. The molecule has 0 aliphatic rings. The van der Waals surface area contributed by atoms with Crippen molar-refractivity contribution in [3.63, 3.8) is 0 Å². The Morgan fingerprint density at radius 3 is 3.06 bits per heavy atom. The first-order valence-electron chi connectivity index (χ1n) is 5.40. The molecule has 2 rings (SSSR count). The van der Waals surface area contributed by atoms with Crippen LogP contribution in [-0.4, -0.2) is 21.8 Å². The molecule has 1 N–H and O–H groups in total. The second kappa shape index (κ2) is 5.28. The van der Waals surface area contributed by atoms with E-state index in [0.29, 0.717) is 6.54 Å². The largest absolute Gasteiger partial charge is 0.316 e. The molecule has 17 heavy (non-hydrogen) atoms. The van der Waals surface area contributed by atoms with Crippen LogP contribution in [0.3, 0.4) is 0 Å². The van der Waals surface area contributed by atoms with Crippen LogP contribution in [0.1, 0.15) is 5.56 Å². The number of rotatable bonds is 4. The molecule has 2 aromatic heterocycles. The van der Waals surface area contributed by atoms with Gasteiger partial charge in [0.1, 0.15) is 6.54 Å². The third-order valence-corrected chi connectivity index (χ3v) is 2.39. The van der Waals surface area contributed by atoms with Crippen molar-refractivity contribution in [2.45, 2.75) is 13.1 Å². The van der Waals surface area contributed by atoms with Crippen LogP contribution in [0.5, 0.6) is 0 Å². The predicted molar refractivity (Wildman–Crippen MR) is 67.1 cm³/mol. The minimum Gasteiger partial charge on any atom is -0.316 e. The Balaban J connectivity index is 2.41. The molecule has 0 unspecified atom stereocenters. The Bertz CT molecular complexity index is 522. The van der Waals surface area contributed by atoms with E-state index in [9.17, 15) is 0 Å². The molecule has 0 radical (unpaired) electrons. The molecule has 0 atom stereocenters. The van der Waals surface area contributed by atoms with Gasteiger partial charge in [-0.1, -0.05) is 5.92 Å². The van der Waals surface area contributed by atoms with Crippen molar-refractivity contribution in [2.24, 2.45) is 0 Å². The highest BCUT2D eigenvalue weighted by Gasteiger charge is 2.10. The van der Waals surface area contributed by atoms with E-state index in [0.717, 1.165) is 23.4 Å². The molecule has 2 aromatic rings. The zero-order valence-corrected chi connectivity index (χ0v) is 9.72.